The Labute approximate surface area is 121 Å². The molecule has 0 radical (unpaired) electrons. The van der Waals surface area contributed by atoms with E-state index in [2.05, 4.69) is 15.5 Å². The Morgan fingerprint density at radius 1 is 1.35 bits per heavy atom. The minimum Gasteiger partial charge on any atom is -0.550 e. The Bertz CT molecular complexity index is 555. The van der Waals surface area contributed by atoms with Crippen LogP contribution in [-0.2, 0) is 9.59 Å². The van der Waals surface area contributed by atoms with Gasteiger partial charge in [-0.15, -0.1) is 10.2 Å². The second-order valence-electron chi connectivity index (χ2n) is 6.05. The summed E-state index contributed by atoms with van der Waals surface area (Å²) in [5.74, 6) is -1.67. The summed E-state index contributed by atoms with van der Waals surface area (Å²) in [5.41, 5.74) is -1.66. The summed E-state index contributed by atoms with van der Waals surface area (Å²) in [6.45, 7) is 7.08. The number of hydrogen-bond donors (Lipinski definition) is 1. The Morgan fingerprint density at radius 3 is 2.45 bits per heavy atom. The number of carbonyl (C=O) groups excluding carboxylic acids is 2. The SMILES string of the molecule is Cc1nnc(NC(=O)[C@@H]2CC[C@@](C)(C(=O)[O-])C2(C)C)s1. The molecule has 1 aliphatic rings. The van der Waals surface area contributed by atoms with E-state index in [9.17, 15) is 14.7 Å². The molecule has 1 heterocycles. The molecule has 1 aromatic rings. The third-order valence-corrected chi connectivity index (χ3v) is 5.50. The lowest BCUT2D eigenvalue weighted by atomic mass is 9.65. The molecular weight excluding hydrogens is 278 g/mol. The molecule has 0 unspecified atom stereocenters. The summed E-state index contributed by atoms with van der Waals surface area (Å²) in [6, 6.07) is 0. The van der Waals surface area contributed by atoms with Gasteiger partial charge in [0, 0.05) is 17.3 Å². The van der Waals surface area contributed by atoms with E-state index >= 15 is 0 Å². The van der Waals surface area contributed by atoms with E-state index < -0.39 is 16.8 Å². The smallest absolute Gasteiger partial charge is 0.229 e. The fourth-order valence-corrected chi connectivity index (χ4v) is 3.46. The summed E-state index contributed by atoms with van der Waals surface area (Å²) < 4.78 is 0. The highest BCUT2D eigenvalue weighted by Crippen LogP contribution is 2.55. The molecule has 1 fully saturated rings. The van der Waals surface area contributed by atoms with Crippen LogP contribution >= 0.6 is 11.3 Å². The zero-order valence-corrected chi connectivity index (χ0v) is 12.8. The topological polar surface area (TPSA) is 95.0 Å². The highest BCUT2D eigenvalue weighted by Gasteiger charge is 2.54. The van der Waals surface area contributed by atoms with Crippen LogP contribution in [0.1, 0.15) is 38.6 Å². The molecule has 0 aliphatic heterocycles. The summed E-state index contributed by atoms with van der Waals surface area (Å²) in [4.78, 5) is 23.8. The van der Waals surface area contributed by atoms with Crippen LogP contribution in [0, 0.1) is 23.7 Å². The van der Waals surface area contributed by atoms with Gasteiger partial charge in [-0.25, -0.2) is 0 Å². The van der Waals surface area contributed by atoms with Crippen molar-refractivity contribution in [1.29, 1.82) is 0 Å². The van der Waals surface area contributed by atoms with E-state index in [0.29, 0.717) is 18.0 Å². The second-order valence-corrected chi connectivity index (χ2v) is 7.23. The minimum atomic E-state index is -1.09. The van der Waals surface area contributed by atoms with Gasteiger partial charge in [-0.2, -0.15) is 0 Å². The molecule has 2 atom stereocenters. The highest BCUT2D eigenvalue weighted by molar-refractivity contribution is 7.15. The van der Waals surface area contributed by atoms with Crippen LogP contribution in [0.2, 0.25) is 0 Å². The van der Waals surface area contributed by atoms with Gasteiger partial charge in [-0.1, -0.05) is 32.1 Å². The Kier molecular flexibility index (Phi) is 3.58. The van der Waals surface area contributed by atoms with Crippen LogP contribution in [0.25, 0.3) is 0 Å². The Hall–Kier alpha value is -1.50. The van der Waals surface area contributed by atoms with Gasteiger partial charge in [0.05, 0.1) is 0 Å². The predicted molar refractivity (Wildman–Crippen MR) is 72.9 cm³/mol. The van der Waals surface area contributed by atoms with Crippen LogP contribution in [0.15, 0.2) is 0 Å². The molecule has 0 saturated heterocycles. The van der Waals surface area contributed by atoms with Crippen molar-refractivity contribution in [2.75, 3.05) is 5.32 Å². The second kappa shape index (κ2) is 4.80. The first-order valence-corrected chi connectivity index (χ1v) is 7.32. The molecule has 1 aromatic heterocycles. The number of nitrogens with one attached hydrogen (secondary N) is 1. The zero-order chi connectivity index (χ0) is 15.1. The number of carboxylic acids is 1. The van der Waals surface area contributed by atoms with Crippen LogP contribution in [0.5, 0.6) is 0 Å². The molecule has 1 saturated carbocycles. The largest absolute Gasteiger partial charge is 0.550 e. The van der Waals surface area contributed by atoms with Gasteiger partial charge in [-0.3, -0.25) is 4.79 Å². The quantitative estimate of drug-likeness (QED) is 0.897. The molecule has 6 nitrogen and oxygen atoms in total. The zero-order valence-electron chi connectivity index (χ0n) is 12.0. The molecule has 0 aromatic carbocycles. The van der Waals surface area contributed by atoms with E-state index in [1.165, 1.54) is 11.3 Å². The van der Waals surface area contributed by atoms with Gasteiger partial charge in [0.25, 0.3) is 0 Å². The van der Waals surface area contributed by atoms with Crippen molar-refractivity contribution < 1.29 is 14.7 Å². The molecule has 1 N–H and O–H groups in total. The highest BCUT2D eigenvalue weighted by atomic mass is 32.1. The van der Waals surface area contributed by atoms with Gasteiger partial charge >= 0.3 is 0 Å². The third kappa shape index (κ3) is 2.19. The van der Waals surface area contributed by atoms with Crippen LogP contribution < -0.4 is 10.4 Å². The number of anilines is 1. The number of nitrogens with zero attached hydrogens (tertiary/aromatic N) is 2. The van der Waals surface area contributed by atoms with Crippen molar-refractivity contribution in [3.63, 3.8) is 0 Å². The molecule has 2 rings (SSSR count). The van der Waals surface area contributed by atoms with Crippen molar-refractivity contribution >= 4 is 28.3 Å². The maximum absolute atomic E-state index is 12.4. The number of rotatable bonds is 3. The number of aromatic nitrogens is 2. The normalized spacial score (nSPS) is 28.3. The molecule has 1 amide bonds. The van der Waals surface area contributed by atoms with Crippen molar-refractivity contribution in [2.24, 2.45) is 16.7 Å². The maximum Gasteiger partial charge on any atom is 0.229 e. The standard InChI is InChI=1S/C13H19N3O3S/c1-7-15-16-11(20-7)14-9(17)8-5-6-13(4,10(18)19)12(8,2)3/h8H,5-6H2,1-4H3,(H,18,19)(H,14,16,17)/p-1/t8-,13-/m0/s1. The van der Waals surface area contributed by atoms with E-state index in [1.807, 2.05) is 13.8 Å². The average molecular weight is 296 g/mol. The average Bonchev–Trinajstić information content (AvgIpc) is 2.83. The summed E-state index contributed by atoms with van der Waals surface area (Å²) in [6.07, 6.45) is 0.969. The molecular formula is C13H18N3O3S-. The molecule has 1 aliphatic carbocycles. The monoisotopic (exact) mass is 296 g/mol. The number of carbonyl (C=O) groups is 2. The number of carboxylic acid groups (broad SMARTS) is 1. The Balaban J connectivity index is 2.18. The van der Waals surface area contributed by atoms with Crippen LogP contribution in [-0.4, -0.2) is 22.1 Å². The van der Waals surface area contributed by atoms with Crippen LogP contribution in [0.3, 0.4) is 0 Å². The lowest BCUT2D eigenvalue weighted by Gasteiger charge is -2.41. The van der Waals surface area contributed by atoms with Crippen molar-refractivity contribution in [1.82, 2.24) is 10.2 Å². The first kappa shape index (κ1) is 14.9. The van der Waals surface area contributed by atoms with E-state index in [-0.39, 0.29) is 11.8 Å². The van der Waals surface area contributed by atoms with E-state index in [1.54, 1.807) is 13.8 Å². The molecule has 0 bridgehead atoms. The Morgan fingerprint density at radius 2 is 2.00 bits per heavy atom. The maximum atomic E-state index is 12.4. The summed E-state index contributed by atoms with van der Waals surface area (Å²) >= 11 is 1.30. The fraction of sp³-hybridized carbons (Fsp3) is 0.692. The van der Waals surface area contributed by atoms with Crippen molar-refractivity contribution in [3.05, 3.63) is 5.01 Å². The molecule has 7 heteroatoms. The summed E-state index contributed by atoms with van der Waals surface area (Å²) in [7, 11) is 0. The van der Waals surface area contributed by atoms with E-state index in [0.717, 1.165) is 5.01 Å². The van der Waals surface area contributed by atoms with E-state index in [4.69, 9.17) is 0 Å². The first-order chi connectivity index (χ1) is 9.18. The van der Waals surface area contributed by atoms with Crippen molar-refractivity contribution in [3.8, 4) is 0 Å². The molecule has 0 spiro atoms. The van der Waals surface area contributed by atoms with Gasteiger partial charge in [0.15, 0.2) is 0 Å². The predicted octanol–water partition coefficient (Wildman–Crippen LogP) is 0.977. The number of hydrogen-bond acceptors (Lipinski definition) is 6. The lowest BCUT2D eigenvalue weighted by molar-refractivity contribution is -0.323. The van der Waals surface area contributed by atoms with Gasteiger partial charge in [-0.05, 0) is 25.2 Å². The van der Waals surface area contributed by atoms with Gasteiger partial charge in [0.1, 0.15) is 5.01 Å². The number of aryl methyl sites for hydroxylation is 1. The molecule has 20 heavy (non-hydrogen) atoms. The van der Waals surface area contributed by atoms with Gasteiger partial charge < -0.3 is 15.2 Å². The minimum absolute atomic E-state index is 0.198. The van der Waals surface area contributed by atoms with Gasteiger partial charge in [0.2, 0.25) is 11.0 Å². The van der Waals surface area contributed by atoms with Crippen molar-refractivity contribution in [2.45, 2.75) is 40.5 Å². The fourth-order valence-electron chi connectivity index (χ4n) is 2.86. The first-order valence-electron chi connectivity index (χ1n) is 6.51. The van der Waals surface area contributed by atoms with Crippen LogP contribution in [0.4, 0.5) is 5.13 Å². The molecule has 110 valence electrons. The lowest BCUT2D eigenvalue weighted by Crippen LogP contribution is -2.49. The summed E-state index contributed by atoms with van der Waals surface area (Å²) in [5, 5.41) is 23.0. The third-order valence-electron chi connectivity index (χ3n) is 4.75. The number of aliphatic carboxylic acids is 1. The number of amides is 1.